The second kappa shape index (κ2) is 5.56. The average molecular weight is 242 g/mol. The third kappa shape index (κ3) is 2.63. The Balaban J connectivity index is 2.29. The van der Waals surface area contributed by atoms with Crippen LogP contribution in [0.4, 0.5) is 5.69 Å². The molecule has 1 atom stereocenters. The maximum absolute atomic E-state index is 9.55. The topological polar surface area (TPSA) is 49.5 Å². The molecular formula is C15H18N2O. The minimum absolute atomic E-state index is 0.0551. The van der Waals surface area contributed by atoms with Crippen LogP contribution in [0.15, 0.2) is 54.6 Å². The molecule has 0 aliphatic rings. The van der Waals surface area contributed by atoms with Gasteiger partial charge in [-0.05, 0) is 29.8 Å². The lowest BCUT2D eigenvalue weighted by atomic mass is 10.0. The molecule has 0 heterocycles. The molecule has 18 heavy (non-hydrogen) atoms. The molecule has 94 valence electrons. The first kappa shape index (κ1) is 12.5. The van der Waals surface area contributed by atoms with E-state index in [9.17, 15) is 5.11 Å². The number of hydrogen-bond acceptors (Lipinski definition) is 3. The first-order valence-corrected chi connectivity index (χ1v) is 5.99. The molecule has 0 fully saturated rings. The third-order valence-corrected chi connectivity index (χ3v) is 3.11. The molecule has 3 heteroatoms. The minimum Gasteiger partial charge on any atom is -0.508 e. The smallest absolute Gasteiger partial charge is 0.115 e. The van der Waals surface area contributed by atoms with Crippen LogP contribution in [0.1, 0.15) is 11.6 Å². The molecule has 0 amide bonds. The van der Waals surface area contributed by atoms with Crippen LogP contribution in [-0.4, -0.2) is 18.7 Å². The molecule has 0 aliphatic heterocycles. The molecule has 3 N–H and O–H groups in total. The molecule has 0 saturated carbocycles. The molecule has 0 saturated heterocycles. The highest BCUT2D eigenvalue weighted by molar-refractivity contribution is 5.48. The number of nitrogens with two attached hydrogens (primary N) is 1. The zero-order valence-electron chi connectivity index (χ0n) is 10.5. The number of benzene rings is 2. The quantitative estimate of drug-likeness (QED) is 0.866. The van der Waals surface area contributed by atoms with Crippen LogP contribution in [0.2, 0.25) is 0 Å². The predicted molar refractivity (Wildman–Crippen MR) is 74.7 cm³/mol. The molecule has 0 aromatic heterocycles. The summed E-state index contributed by atoms with van der Waals surface area (Å²) in [6.07, 6.45) is 0. The summed E-state index contributed by atoms with van der Waals surface area (Å²) in [5, 5.41) is 9.55. The fraction of sp³-hybridized carbons (Fsp3) is 0.200. The normalized spacial score (nSPS) is 12.1. The molecule has 2 aromatic carbocycles. The van der Waals surface area contributed by atoms with Crippen molar-refractivity contribution in [2.24, 2.45) is 5.73 Å². The second-order valence-corrected chi connectivity index (χ2v) is 4.29. The fourth-order valence-electron chi connectivity index (χ4n) is 2.09. The zero-order valence-corrected chi connectivity index (χ0v) is 10.5. The Morgan fingerprint density at radius 1 is 1.11 bits per heavy atom. The van der Waals surface area contributed by atoms with Gasteiger partial charge in [-0.2, -0.15) is 0 Å². The van der Waals surface area contributed by atoms with Gasteiger partial charge in [-0.1, -0.05) is 30.3 Å². The van der Waals surface area contributed by atoms with Gasteiger partial charge >= 0.3 is 0 Å². The van der Waals surface area contributed by atoms with Crippen LogP contribution < -0.4 is 10.6 Å². The van der Waals surface area contributed by atoms with Crippen LogP contribution in [-0.2, 0) is 0 Å². The van der Waals surface area contributed by atoms with Gasteiger partial charge in [0.2, 0.25) is 0 Å². The van der Waals surface area contributed by atoms with Gasteiger partial charge in [0.25, 0.3) is 0 Å². The number of aromatic hydroxyl groups is 1. The Morgan fingerprint density at radius 2 is 1.83 bits per heavy atom. The summed E-state index contributed by atoms with van der Waals surface area (Å²) in [4.78, 5) is 2.12. The van der Waals surface area contributed by atoms with Crippen molar-refractivity contribution in [3.8, 4) is 5.75 Å². The number of rotatable bonds is 4. The summed E-state index contributed by atoms with van der Waals surface area (Å²) in [5.41, 5.74) is 7.99. The molecular weight excluding hydrogens is 224 g/mol. The minimum atomic E-state index is 0.0551. The van der Waals surface area contributed by atoms with Gasteiger partial charge < -0.3 is 15.7 Å². The number of phenolic OH excluding ortho intramolecular Hbond substituents is 1. The van der Waals surface area contributed by atoms with Gasteiger partial charge in [-0.15, -0.1) is 0 Å². The lowest BCUT2D eigenvalue weighted by molar-refractivity contribution is 0.473. The standard InChI is InChI=1S/C15H18N2O/c1-17(13-7-3-2-4-8-13)15(11-16)12-6-5-9-14(18)10-12/h2-10,15,18H,11,16H2,1H3. The Kier molecular flexibility index (Phi) is 3.85. The lowest BCUT2D eigenvalue weighted by Gasteiger charge is -2.29. The van der Waals surface area contributed by atoms with Crippen molar-refractivity contribution in [2.75, 3.05) is 18.5 Å². The van der Waals surface area contributed by atoms with Gasteiger partial charge in [0.1, 0.15) is 5.75 Å². The van der Waals surface area contributed by atoms with Crippen molar-refractivity contribution in [3.05, 3.63) is 60.2 Å². The van der Waals surface area contributed by atoms with E-state index in [0.29, 0.717) is 6.54 Å². The Morgan fingerprint density at radius 3 is 2.44 bits per heavy atom. The summed E-state index contributed by atoms with van der Waals surface area (Å²) >= 11 is 0. The van der Waals surface area contributed by atoms with E-state index in [1.165, 1.54) is 0 Å². The van der Waals surface area contributed by atoms with Crippen molar-refractivity contribution in [1.29, 1.82) is 0 Å². The molecule has 2 rings (SSSR count). The Labute approximate surface area is 107 Å². The molecule has 0 aliphatic carbocycles. The van der Waals surface area contributed by atoms with E-state index in [2.05, 4.69) is 4.90 Å². The Bertz CT molecular complexity index is 499. The van der Waals surface area contributed by atoms with Gasteiger partial charge in [0.15, 0.2) is 0 Å². The molecule has 3 nitrogen and oxygen atoms in total. The molecule has 0 spiro atoms. The first-order valence-electron chi connectivity index (χ1n) is 5.99. The van der Waals surface area contributed by atoms with Gasteiger partial charge in [0.05, 0.1) is 6.04 Å². The van der Waals surface area contributed by atoms with E-state index in [1.807, 2.05) is 49.5 Å². The number of likely N-dealkylation sites (N-methyl/N-ethyl adjacent to an activating group) is 1. The van der Waals surface area contributed by atoms with Crippen LogP contribution in [0, 0.1) is 0 Å². The van der Waals surface area contributed by atoms with Crippen molar-refractivity contribution in [3.63, 3.8) is 0 Å². The van der Waals surface area contributed by atoms with Crippen molar-refractivity contribution >= 4 is 5.69 Å². The van der Waals surface area contributed by atoms with Crippen molar-refractivity contribution < 1.29 is 5.11 Å². The van der Waals surface area contributed by atoms with E-state index < -0.39 is 0 Å². The van der Waals surface area contributed by atoms with Gasteiger partial charge in [-0.25, -0.2) is 0 Å². The van der Waals surface area contributed by atoms with E-state index in [-0.39, 0.29) is 11.8 Å². The van der Waals surface area contributed by atoms with Crippen molar-refractivity contribution in [2.45, 2.75) is 6.04 Å². The van der Waals surface area contributed by atoms with E-state index in [4.69, 9.17) is 5.73 Å². The monoisotopic (exact) mass is 242 g/mol. The number of hydrogen-bond donors (Lipinski definition) is 2. The van der Waals surface area contributed by atoms with E-state index in [1.54, 1.807) is 12.1 Å². The van der Waals surface area contributed by atoms with Gasteiger partial charge in [-0.3, -0.25) is 0 Å². The maximum Gasteiger partial charge on any atom is 0.115 e. The summed E-state index contributed by atoms with van der Waals surface area (Å²) in [5.74, 6) is 0.271. The number of anilines is 1. The molecule has 2 aromatic rings. The first-order chi connectivity index (χ1) is 8.72. The number of nitrogens with zero attached hydrogens (tertiary/aromatic N) is 1. The largest absolute Gasteiger partial charge is 0.508 e. The van der Waals surface area contributed by atoms with E-state index >= 15 is 0 Å². The second-order valence-electron chi connectivity index (χ2n) is 4.29. The van der Waals surface area contributed by atoms with Crippen molar-refractivity contribution in [1.82, 2.24) is 0 Å². The maximum atomic E-state index is 9.55. The number of para-hydroxylation sites is 1. The van der Waals surface area contributed by atoms with Crippen LogP contribution in [0.3, 0.4) is 0 Å². The highest BCUT2D eigenvalue weighted by atomic mass is 16.3. The van der Waals surface area contributed by atoms with Crippen LogP contribution in [0.25, 0.3) is 0 Å². The van der Waals surface area contributed by atoms with Crippen LogP contribution >= 0.6 is 0 Å². The van der Waals surface area contributed by atoms with E-state index in [0.717, 1.165) is 11.3 Å². The summed E-state index contributed by atoms with van der Waals surface area (Å²) in [6, 6.07) is 17.4. The lowest BCUT2D eigenvalue weighted by Crippen LogP contribution is -2.30. The third-order valence-electron chi connectivity index (χ3n) is 3.11. The summed E-state index contributed by atoms with van der Waals surface area (Å²) in [7, 11) is 2.01. The number of phenols is 1. The zero-order chi connectivity index (χ0) is 13.0. The SMILES string of the molecule is CN(c1ccccc1)C(CN)c1cccc(O)c1. The summed E-state index contributed by atoms with van der Waals surface area (Å²) < 4.78 is 0. The molecule has 0 bridgehead atoms. The van der Waals surface area contributed by atoms with Crippen LogP contribution in [0.5, 0.6) is 5.75 Å². The highest BCUT2D eigenvalue weighted by Crippen LogP contribution is 2.26. The average Bonchev–Trinajstić information content (AvgIpc) is 2.40. The molecule has 1 unspecified atom stereocenters. The summed E-state index contributed by atoms with van der Waals surface area (Å²) in [6.45, 7) is 0.495. The molecule has 0 radical (unpaired) electrons. The Hall–Kier alpha value is -2.00. The predicted octanol–water partition coefficient (Wildman–Crippen LogP) is 2.53. The van der Waals surface area contributed by atoms with Gasteiger partial charge in [0, 0.05) is 19.3 Å². The fourth-order valence-corrected chi connectivity index (χ4v) is 2.09. The highest BCUT2D eigenvalue weighted by Gasteiger charge is 2.16.